The van der Waals surface area contributed by atoms with Gasteiger partial charge in [0.1, 0.15) is 5.54 Å². The molecule has 1 amide bonds. The molecule has 0 aliphatic carbocycles. The maximum atomic E-state index is 12.0. The summed E-state index contributed by atoms with van der Waals surface area (Å²) in [5, 5.41) is 11.3. The standard InChI is InChI=1S/C12H15ClN2O5S/c1-12(2,15-21(3,19)20)11(18)14-7-4-5-8(10(16)17)9(13)6-7/h4-6,15H,1-3H3,(H,14,18)(H,16,17). The molecule has 0 radical (unpaired) electrons. The largest absolute Gasteiger partial charge is 0.478 e. The van der Waals surface area contributed by atoms with Crippen molar-refractivity contribution in [1.82, 2.24) is 4.72 Å². The first-order chi connectivity index (χ1) is 9.42. The number of sulfonamides is 1. The number of carboxylic acid groups (broad SMARTS) is 1. The zero-order chi connectivity index (χ0) is 16.4. The summed E-state index contributed by atoms with van der Waals surface area (Å²) in [6.45, 7) is 2.80. The predicted molar refractivity (Wildman–Crippen MR) is 79.1 cm³/mol. The van der Waals surface area contributed by atoms with Crippen LogP contribution in [0.4, 0.5) is 5.69 Å². The van der Waals surface area contributed by atoms with E-state index in [1.807, 2.05) is 0 Å². The van der Waals surface area contributed by atoms with Gasteiger partial charge in [-0.1, -0.05) is 11.6 Å². The second-order valence-corrected chi connectivity index (χ2v) is 7.11. The molecule has 0 aliphatic heterocycles. The monoisotopic (exact) mass is 334 g/mol. The van der Waals surface area contributed by atoms with Gasteiger partial charge in [0, 0.05) is 5.69 Å². The molecule has 0 aliphatic rings. The molecule has 0 saturated carbocycles. The Morgan fingerprint density at radius 2 is 1.86 bits per heavy atom. The number of nitrogens with one attached hydrogen (secondary N) is 2. The van der Waals surface area contributed by atoms with Crippen molar-refractivity contribution >= 4 is 39.2 Å². The van der Waals surface area contributed by atoms with Crippen molar-refractivity contribution in [3.63, 3.8) is 0 Å². The Hall–Kier alpha value is -1.64. The van der Waals surface area contributed by atoms with E-state index in [4.69, 9.17) is 16.7 Å². The van der Waals surface area contributed by atoms with Crippen LogP contribution in [0.2, 0.25) is 5.02 Å². The van der Waals surface area contributed by atoms with Gasteiger partial charge in [-0.3, -0.25) is 4.79 Å². The highest BCUT2D eigenvalue weighted by Gasteiger charge is 2.30. The summed E-state index contributed by atoms with van der Waals surface area (Å²) >= 11 is 5.78. The van der Waals surface area contributed by atoms with Crippen LogP contribution < -0.4 is 10.0 Å². The smallest absolute Gasteiger partial charge is 0.337 e. The zero-order valence-electron chi connectivity index (χ0n) is 11.6. The van der Waals surface area contributed by atoms with Gasteiger partial charge in [-0.15, -0.1) is 0 Å². The summed E-state index contributed by atoms with van der Waals surface area (Å²) in [7, 11) is -3.56. The molecular weight excluding hydrogens is 320 g/mol. The number of benzene rings is 1. The van der Waals surface area contributed by atoms with Crippen LogP contribution in [0.25, 0.3) is 0 Å². The molecule has 9 heteroatoms. The van der Waals surface area contributed by atoms with E-state index in [9.17, 15) is 18.0 Å². The molecule has 0 saturated heterocycles. The van der Waals surface area contributed by atoms with Gasteiger partial charge in [-0.25, -0.2) is 17.9 Å². The van der Waals surface area contributed by atoms with Crippen LogP contribution in [0.15, 0.2) is 18.2 Å². The Morgan fingerprint density at radius 3 is 2.29 bits per heavy atom. The summed E-state index contributed by atoms with van der Waals surface area (Å²) in [6, 6.07) is 3.89. The molecule has 1 rings (SSSR count). The summed E-state index contributed by atoms with van der Waals surface area (Å²) in [4.78, 5) is 22.9. The number of carboxylic acids is 1. The summed E-state index contributed by atoms with van der Waals surface area (Å²) in [5.74, 6) is -1.79. The zero-order valence-corrected chi connectivity index (χ0v) is 13.2. The SMILES string of the molecule is CC(C)(NS(C)(=O)=O)C(=O)Nc1ccc(C(=O)O)c(Cl)c1. The molecule has 0 unspecified atom stereocenters. The molecule has 1 aromatic rings. The minimum Gasteiger partial charge on any atom is -0.478 e. The first kappa shape index (κ1) is 17.4. The molecule has 116 valence electrons. The molecule has 0 bridgehead atoms. The number of anilines is 1. The minimum absolute atomic E-state index is 0.0332. The van der Waals surface area contributed by atoms with Crippen LogP contribution in [0.1, 0.15) is 24.2 Å². The van der Waals surface area contributed by atoms with Gasteiger partial charge in [0.15, 0.2) is 0 Å². The van der Waals surface area contributed by atoms with Crippen LogP contribution in [0, 0.1) is 0 Å². The Morgan fingerprint density at radius 1 is 1.29 bits per heavy atom. The van der Waals surface area contributed by atoms with Gasteiger partial charge in [0.2, 0.25) is 15.9 Å². The second kappa shape index (κ2) is 6.00. The molecule has 0 aromatic heterocycles. The Balaban J connectivity index is 2.93. The van der Waals surface area contributed by atoms with Crippen molar-refractivity contribution in [3.05, 3.63) is 28.8 Å². The van der Waals surface area contributed by atoms with E-state index in [2.05, 4.69) is 10.0 Å². The van der Waals surface area contributed by atoms with Crippen molar-refractivity contribution < 1.29 is 23.1 Å². The lowest BCUT2D eigenvalue weighted by Crippen LogP contribution is -2.51. The number of hydrogen-bond donors (Lipinski definition) is 3. The lowest BCUT2D eigenvalue weighted by atomic mass is 10.1. The maximum Gasteiger partial charge on any atom is 0.337 e. The first-order valence-corrected chi connectivity index (χ1v) is 8.02. The fourth-order valence-electron chi connectivity index (χ4n) is 1.56. The topological polar surface area (TPSA) is 113 Å². The number of rotatable bonds is 5. The fraction of sp³-hybridized carbons (Fsp3) is 0.333. The fourth-order valence-corrected chi connectivity index (χ4v) is 2.84. The quantitative estimate of drug-likeness (QED) is 0.751. The maximum absolute atomic E-state index is 12.0. The van der Waals surface area contributed by atoms with E-state index in [-0.39, 0.29) is 16.3 Å². The van der Waals surface area contributed by atoms with Crippen molar-refractivity contribution in [1.29, 1.82) is 0 Å². The molecule has 0 spiro atoms. The first-order valence-electron chi connectivity index (χ1n) is 5.75. The summed E-state index contributed by atoms with van der Waals surface area (Å²) < 4.78 is 24.6. The number of hydrogen-bond acceptors (Lipinski definition) is 4. The average Bonchev–Trinajstić information content (AvgIpc) is 2.24. The highest BCUT2D eigenvalue weighted by molar-refractivity contribution is 7.88. The van der Waals surface area contributed by atoms with Gasteiger partial charge in [0.25, 0.3) is 0 Å². The third-order valence-corrected chi connectivity index (χ3v) is 3.66. The molecule has 1 aromatic carbocycles. The molecular formula is C12H15ClN2O5S. The predicted octanol–water partition coefficient (Wildman–Crippen LogP) is 1.30. The lowest BCUT2D eigenvalue weighted by molar-refractivity contribution is -0.120. The van der Waals surface area contributed by atoms with E-state index in [0.717, 1.165) is 6.26 Å². The minimum atomic E-state index is -3.56. The van der Waals surface area contributed by atoms with E-state index in [1.54, 1.807) is 0 Å². The number of carbonyl (C=O) groups excluding carboxylic acids is 1. The lowest BCUT2D eigenvalue weighted by Gasteiger charge is -2.23. The van der Waals surface area contributed by atoms with Crippen LogP contribution in [-0.2, 0) is 14.8 Å². The van der Waals surface area contributed by atoms with Crippen molar-refractivity contribution in [2.75, 3.05) is 11.6 Å². The molecule has 0 fully saturated rings. The van der Waals surface area contributed by atoms with E-state index < -0.39 is 27.4 Å². The van der Waals surface area contributed by atoms with Crippen LogP contribution in [0.5, 0.6) is 0 Å². The Labute approximate surface area is 127 Å². The van der Waals surface area contributed by atoms with Crippen LogP contribution in [0.3, 0.4) is 0 Å². The molecule has 0 atom stereocenters. The summed E-state index contributed by atoms with van der Waals surface area (Å²) in [5.41, 5.74) is -1.20. The van der Waals surface area contributed by atoms with Gasteiger partial charge < -0.3 is 10.4 Å². The molecule has 7 nitrogen and oxygen atoms in total. The number of halogens is 1. The van der Waals surface area contributed by atoms with Gasteiger partial charge in [-0.2, -0.15) is 0 Å². The molecule has 0 heterocycles. The summed E-state index contributed by atoms with van der Waals surface area (Å²) in [6.07, 6.45) is 0.945. The normalized spacial score (nSPS) is 12.0. The van der Waals surface area contributed by atoms with Crippen molar-refractivity contribution in [2.45, 2.75) is 19.4 Å². The average molecular weight is 335 g/mol. The number of carbonyl (C=O) groups is 2. The molecule has 3 N–H and O–H groups in total. The molecule has 21 heavy (non-hydrogen) atoms. The van der Waals surface area contributed by atoms with Crippen molar-refractivity contribution in [2.24, 2.45) is 0 Å². The number of aromatic carboxylic acids is 1. The Kier molecular flexibility index (Phi) is 4.98. The van der Waals surface area contributed by atoms with E-state index in [0.29, 0.717) is 0 Å². The van der Waals surface area contributed by atoms with Gasteiger partial charge in [0.05, 0.1) is 16.8 Å². The van der Waals surface area contributed by atoms with Gasteiger partial charge in [-0.05, 0) is 32.0 Å². The highest BCUT2D eigenvalue weighted by atomic mass is 35.5. The third-order valence-electron chi connectivity index (χ3n) is 2.47. The van der Waals surface area contributed by atoms with Gasteiger partial charge >= 0.3 is 5.97 Å². The van der Waals surface area contributed by atoms with E-state index in [1.165, 1.54) is 32.0 Å². The van der Waals surface area contributed by atoms with Crippen molar-refractivity contribution in [3.8, 4) is 0 Å². The third kappa shape index (κ3) is 5.00. The van der Waals surface area contributed by atoms with E-state index >= 15 is 0 Å². The van der Waals surface area contributed by atoms with Crippen LogP contribution >= 0.6 is 11.6 Å². The second-order valence-electron chi connectivity index (χ2n) is 4.95. The number of amides is 1. The van der Waals surface area contributed by atoms with Crippen LogP contribution in [-0.4, -0.2) is 37.2 Å². The highest BCUT2D eigenvalue weighted by Crippen LogP contribution is 2.22. The Bertz CT molecular complexity index is 685.